The van der Waals surface area contributed by atoms with Crippen LogP contribution in [0.15, 0.2) is 11.9 Å². The third kappa shape index (κ3) is 2.94. The molecule has 0 amide bonds. The van der Waals surface area contributed by atoms with Gasteiger partial charge in [-0.2, -0.15) is 0 Å². The topological polar surface area (TPSA) is 85.2 Å². The van der Waals surface area contributed by atoms with Gasteiger partial charge in [0.1, 0.15) is 42.6 Å². The van der Waals surface area contributed by atoms with Crippen molar-refractivity contribution in [2.45, 2.75) is 30.2 Å². The Morgan fingerprint density at radius 1 is 1.59 bits per heavy atom. The zero-order chi connectivity index (χ0) is 12.7. The third-order valence-corrected chi connectivity index (χ3v) is 4.25. The van der Waals surface area contributed by atoms with Crippen LogP contribution in [0, 0.1) is 0 Å². The van der Waals surface area contributed by atoms with Gasteiger partial charge >= 0.3 is 7.60 Å². The molecule has 0 aromatic heterocycles. The molecule has 2 bridgehead atoms. The monoisotopic (exact) mass is 374 g/mol. The van der Waals surface area contributed by atoms with Crippen molar-refractivity contribution in [1.29, 1.82) is 0 Å². The molecule has 0 aromatic carbocycles. The summed E-state index contributed by atoms with van der Waals surface area (Å²) in [6, 6.07) is -0.104. The highest BCUT2D eigenvalue weighted by atomic mass is 127. The summed E-state index contributed by atoms with van der Waals surface area (Å²) in [5, 5.41) is 0. The molecule has 17 heavy (non-hydrogen) atoms. The lowest BCUT2D eigenvalue weighted by Crippen LogP contribution is -2.64. The van der Waals surface area contributed by atoms with Gasteiger partial charge in [-0.05, 0) is 6.08 Å². The minimum atomic E-state index is -4.20. The average Bonchev–Trinajstić information content (AvgIpc) is 2.26. The fourth-order valence-electron chi connectivity index (χ4n) is 2.20. The Kier molecular flexibility index (Phi) is 4.05. The van der Waals surface area contributed by atoms with Gasteiger partial charge in [0, 0.05) is 12.2 Å². The molecular weight excluding hydrogens is 361 g/mol. The van der Waals surface area contributed by atoms with Gasteiger partial charge < -0.3 is 22.3 Å². The summed E-state index contributed by atoms with van der Waals surface area (Å²) >= 11 is 1.78. The van der Waals surface area contributed by atoms with Crippen LogP contribution in [-0.4, -0.2) is 48.1 Å². The molecule has 3 aliphatic rings. The lowest BCUT2D eigenvalue weighted by Gasteiger charge is -2.52. The first-order chi connectivity index (χ1) is 7.86. The lowest BCUT2D eigenvalue weighted by molar-refractivity contribution is -0.257. The van der Waals surface area contributed by atoms with Gasteiger partial charge in [0.2, 0.25) is 0 Å². The fraction of sp³-hybridized carbons (Fsp3) is 0.750. The Balaban J connectivity index is 2.25. The molecule has 0 aliphatic carbocycles. The summed E-state index contributed by atoms with van der Waals surface area (Å²) in [5.41, 5.74) is -0.892. The molecule has 0 radical (unpaired) electrons. The molecule has 9 heteroatoms. The molecule has 0 aromatic rings. The maximum absolute atomic E-state index is 10.9. The molecule has 3 aliphatic heterocycles. The van der Waals surface area contributed by atoms with Gasteiger partial charge in [0.15, 0.2) is 0 Å². The predicted octanol–water partition coefficient (Wildman–Crippen LogP) is -0.0699. The van der Waals surface area contributed by atoms with Crippen molar-refractivity contribution in [3.8, 4) is 0 Å². The van der Waals surface area contributed by atoms with Crippen LogP contribution in [0.3, 0.4) is 0 Å². The van der Waals surface area contributed by atoms with Crippen LogP contribution < -0.4 is 0 Å². The van der Waals surface area contributed by atoms with E-state index in [1.807, 2.05) is 7.85 Å². The smallest absolute Gasteiger partial charge is 0.348 e. The molecule has 0 saturated carbocycles. The molecule has 6 nitrogen and oxygen atoms in total. The van der Waals surface area contributed by atoms with Crippen LogP contribution in [-0.2, 0) is 17.1 Å². The van der Waals surface area contributed by atoms with E-state index in [4.69, 9.17) is 22.3 Å². The molecule has 3 fully saturated rings. The summed E-state index contributed by atoms with van der Waals surface area (Å²) in [5.74, 6) is 0.859. The van der Waals surface area contributed by atoms with Crippen LogP contribution in [0.4, 0.5) is 0 Å². The minimum absolute atomic E-state index is 0.0138. The van der Waals surface area contributed by atoms with Crippen molar-refractivity contribution in [2.75, 3.05) is 6.61 Å². The summed E-state index contributed by atoms with van der Waals surface area (Å²) in [7, 11) is -2.32. The number of hydrogen-bond acceptors (Lipinski definition) is 4. The highest BCUT2D eigenvalue weighted by Gasteiger charge is 2.52. The van der Waals surface area contributed by atoms with Crippen molar-refractivity contribution >= 4 is 38.4 Å². The van der Waals surface area contributed by atoms with Gasteiger partial charge in [-0.25, -0.2) is 0 Å². The highest BCUT2D eigenvalue weighted by molar-refractivity contribution is 14.1. The van der Waals surface area contributed by atoms with Crippen molar-refractivity contribution < 1.29 is 26.9 Å². The molecule has 3 saturated heterocycles. The molecule has 1 unspecified atom stereocenters. The van der Waals surface area contributed by atoms with Crippen LogP contribution >= 0.6 is 30.6 Å². The van der Waals surface area contributed by atoms with Crippen molar-refractivity contribution in [2.24, 2.45) is 0 Å². The summed E-state index contributed by atoms with van der Waals surface area (Å²) in [6.07, 6.45) is 1.78. The van der Waals surface area contributed by atoms with E-state index in [-0.39, 0.29) is 24.8 Å². The van der Waals surface area contributed by atoms with Crippen molar-refractivity contribution in [3.63, 3.8) is 0 Å². The maximum Gasteiger partial charge on any atom is 0.348 e. The van der Waals surface area contributed by atoms with Gasteiger partial charge in [0.05, 0.1) is 18.7 Å². The normalized spacial score (nSPS) is 42.2. The first-order valence-electron chi connectivity index (χ1n) is 5.19. The van der Waals surface area contributed by atoms with E-state index in [9.17, 15) is 4.57 Å². The van der Waals surface area contributed by atoms with Gasteiger partial charge in [-0.1, -0.05) is 0 Å². The van der Waals surface area contributed by atoms with E-state index in [0.717, 1.165) is 5.82 Å². The second-order valence-corrected chi connectivity index (χ2v) is 6.33. The Morgan fingerprint density at radius 3 is 2.82 bits per heavy atom. The van der Waals surface area contributed by atoms with Crippen molar-refractivity contribution in [3.05, 3.63) is 11.9 Å². The maximum atomic E-state index is 10.9. The Bertz CT molecular complexity index is 373. The quantitative estimate of drug-likeness (QED) is 0.409. The Labute approximate surface area is 114 Å². The van der Waals surface area contributed by atoms with Gasteiger partial charge in [-0.15, -0.1) is 0 Å². The molecule has 3 heterocycles. The fourth-order valence-corrected chi connectivity index (χ4v) is 3.28. The Morgan fingerprint density at radius 2 is 2.29 bits per heavy atom. The summed E-state index contributed by atoms with van der Waals surface area (Å²) in [4.78, 5) is 17.8. The van der Waals surface area contributed by atoms with E-state index in [2.05, 4.69) is 0 Å². The lowest BCUT2D eigenvalue weighted by atomic mass is 9.78. The van der Waals surface area contributed by atoms with Crippen LogP contribution in [0.5, 0.6) is 0 Å². The molecule has 2 N–H and O–H groups in total. The third-order valence-electron chi connectivity index (χ3n) is 3.10. The predicted molar refractivity (Wildman–Crippen MR) is 70.6 cm³/mol. The SMILES string of the molecule is BC1O[C@@]2(/C=C/P(=O)(O)O)CO[C@@H]1C[C@@H]2OI. The second kappa shape index (κ2) is 4.92. The first-order valence-corrected chi connectivity index (χ1v) is 7.75. The molecule has 0 spiro atoms. The minimum Gasteiger partial charge on any atom is -0.373 e. The van der Waals surface area contributed by atoms with Crippen molar-refractivity contribution in [1.82, 2.24) is 0 Å². The van der Waals surface area contributed by atoms with Gasteiger partial charge in [-0.3, -0.25) is 4.57 Å². The van der Waals surface area contributed by atoms with E-state index in [1.54, 1.807) is 23.0 Å². The second-order valence-electron chi connectivity index (χ2n) is 4.35. The molecular formula is C8H13BIO6P. The number of halogens is 1. The number of hydrogen-bond donors (Lipinski definition) is 2. The standard InChI is InChI=1S/C8H13BIO6P/c9-7-5-3-6(16-10)8(15-7,4-14-5)1-2-17(11,12)13/h1-2,5-7H,3-4,9H2,(H2,11,12,13)/b2-1+/t5-,6+,7?,8+/m1/s1. The van der Waals surface area contributed by atoms with Crippen LogP contribution in [0.1, 0.15) is 6.42 Å². The average molecular weight is 374 g/mol. The largest absolute Gasteiger partial charge is 0.373 e. The molecule has 4 atom stereocenters. The zero-order valence-electron chi connectivity index (χ0n) is 9.15. The zero-order valence-corrected chi connectivity index (χ0v) is 12.2. The van der Waals surface area contributed by atoms with E-state index >= 15 is 0 Å². The summed E-state index contributed by atoms with van der Waals surface area (Å²) in [6.45, 7) is 0.256. The first kappa shape index (κ1) is 14.0. The van der Waals surface area contributed by atoms with E-state index in [0.29, 0.717) is 6.42 Å². The van der Waals surface area contributed by atoms with Crippen LogP contribution in [0.2, 0.25) is 0 Å². The highest BCUT2D eigenvalue weighted by Crippen LogP contribution is 2.43. The molecule has 3 rings (SSSR count). The number of rotatable bonds is 3. The van der Waals surface area contributed by atoms with E-state index in [1.165, 1.54) is 6.08 Å². The Hall–Kier alpha value is 0.565. The van der Waals surface area contributed by atoms with Crippen LogP contribution in [0.25, 0.3) is 0 Å². The summed E-state index contributed by atoms with van der Waals surface area (Å²) < 4.78 is 27.6. The van der Waals surface area contributed by atoms with E-state index < -0.39 is 13.2 Å². The number of ether oxygens (including phenoxy) is 2. The molecule has 96 valence electrons. The van der Waals surface area contributed by atoms with Gasteiger partial charge in [0.25, 0.3) is 0 Å². The number of fused-ring (bicyclic) bond motifs is 3.